The minimum atomic E-state index is -0.283. The van der Waals surface area contributed by atoms with Crippen LogP contribution in [0.15, 0.2) is 33.9 Å². The Hall–Kier alpha value is -1.66. The number of carbonyl (C=O) groups is 2. The monoisotopic (exact) mass is 394 g/mol. The van der Waals surface area contributed by atoms with Gasteiger partial charge in [-0.05, 0) is 46.3 Å². The first kappa shape index (κ1) is 14.9. The topological polar surface area (TPSA) is 70.0 Å². The Morgan fingerprint density at radius 3 is 2.43 bits per heavy atom. The third-order valence-electron chi connectivity index (χ3n) is 4.82. The molecular weight excluding hydrogens is 384 g/mol. The van der Waals surface area contributed by atoms with E-state index in [4.69, 9.17) is 11.6 Å². The van der Waals surface area contributed by atoms with Crippen molar-refractivity contribution in [3.8, 4) is 5.75 Å². The molecule has 0 spiro atoms. The molecule has 4 unspecified atom stereocenters. The lowest BCUT2D eigenvalue weighted by atomic mass is 9.85. The first-order chi connectivity index (χ1) is 11.0. The van der Waals surface area contributed by atoms with Crippen molar-refractivity contribution in [1.29, 1.82) is 0 Å². The van der Waals surface area contributed by atoms with Crippen molar-refractivity contribution in [2.45, 2.75) is 6.42 Å². The number of benzene rings is 1. The van der Waals surface area contributed by atoms with Gasteiger partial charge in [0.2, 0.25) is 0 Å². The van der Waals surface area contributed by atoms with Crippen LogP contribution >= 0.6 is 27.5 Å². The number of rotatable bonds is 2. The van der Waals surface area contributed by atoms with Crippen molar-refractivity contribution in [3.63, 3.8) is 0 Å². The molecular formula is C16H12BrClN2O3. The van der Waals surface area contributed by atoms with Gasteiger partial charge in [-0.2, -0.15) is 10.1 Å². The number of hydrogen-bond donors (Lipinski definition) is 1. The summed E-state index contributed by atoms with van der Waals surface area (Å²) in [5, 5.41) is 15.4. The summed E-state index contributed by atoms with van der Waals surface area (Å²) in [6.45, 7) is 0. The molecule has 5 nitrogen and oxygen atoms in total. The number of fused-ring (bicyclic) bond motifs is 5. The molecule has 1 saturated carbocycles. The molecule has 1 saturated heterocycles. The maximum atomic E-state index is 12.5. The smallest absolute Gasteiger partial charge is 0.254 e. The van der Waals surface area contributed by atoms with E-state index in [9.17, 15) is 14.7 Å². The average molecular weight is 396 g/mol. The molecule has 7 heteroatoms. The third kappa shape index (κ3) is 2.16. The van der Waals surface area contributed by atoms with Gasteiger partial charge in [0.1, 0.15) is 5.75 Å². The Kier molecular flexibility index (Phi) is 3.35. The maximum absolute atomic E-state index is 12.5. The zero-order valence-electron chi connectivity index (χ0n) is 11.8. The van der Waals surface area contributed by atoms with Gasteiger partial charge in [0.05, 0.1) is 22.5 Å². The highest BCUT2D eigenvalue weighted by Crippen LogP contribution is 2.52. The van der Waals surface area contributed by atoms with Gasteiger partial charge in [0.25, 0.3) is 11.8 Å². The van der Waals surface area contributed by atoms with Crippen LogP contribution in [0.4, 0.5) is 0 Å². The fourth-order valence-electron chi connectivity index (χ4n) is 3.80. The zero-order valence-corrected chi connectivity index (χ0v) is 14.2. The predicted octanol–water partition coefficient (Wildman–Crippen LogP) is 2.95. The van der Waals surface area contributed by atoms with E-state index in [1.165, 1.54) is 12.3 Å². The Balaban J connectivity index is 1.63. The van der Waals surface area contributed by atoms with Crippen LogP contribution in [-0.4, -0.2) is 28.1 Å². The first-order valence-electron chi connectivity index (χ1n) is 7.25. The van der Waals surface area contributed by atoms with E-state index in [0.717, 1.165) is 11.4 Å². The van der Waals surface area contributed by atoms with E-state index in [1.807, 2.05) is 12.2 Å². The Morgan fingerprint density at radius 1 is 1.22 bits per heavy atom. The fourth-order valence-corrected chi connectivity index (χ4v) is 4.64. The molecule has 0 radical (unpaired) electrons. The number of aromatic hydroxyl groups is 1. The summed E-state index contributed by atoms with van der Waals surface area (Å²) in [5.41, 5.74) is 0.336. The summed E-state index contributed by atoms with van der Waals surface area (Å²) < 4.78 is 0.421. The third-order valence-corrected chi connectivity index (χ3v) is 5.64. The normalized spacial score (nSPS) is 31.7. The highest BCUT2D eigenvalue weighted by atomic mass is 79.9. The number of nitrogens with zero attached hydrogens (tertiary/aromatic N) is 2. The van der Waals surface area contributed by atoms with E-state index < -0.39 is 0 Å². The van der Waals surface area contributed by atoms with Crippen molar-refractivity contribution in [2.24, 2.45) is 28.8 Å². The van der Waals surface area contributed by atoms with E-state index in [0.29, 0.717) is 15.1 Å². The quantitative estimate of drug-likeness (QED) is 0.475. The van der Waals surface area contributed by atoms with Crippen molar-refractivity contribution >= 4 is 45.6 Å². The second kappa shape index (κ2) is 5.18. The molecule has 23 heavy (non-hydrogen) atoms. The number of hydrogen-bond acceptors (Lipinski definition) is 4. The number of halogens is 2. The lowest BCUT2D eigenvalue weighted by molar-refractivity contribution is -0.140. The molecule has 4 rings (SSSR count). The molecule has 0 aromatic heterocycles. The van der Waals surface area contributed by atoms with Crippen LogP contribution in [0, 0.1) is 23.7 Å². The SMILES string of the molecule is O=C1C2C3C=CC(C3)C2C(=O)N1/N=C/c1cc(Cl)cc(Br)c1O. The Labute approximate surface area is 145 Å². The average Bonchev–Trinajstić information content (AvgIpc) is 3.17. The Morgan fingerprint density at radius 2 is 1.83 bits per heavy atom. The van der Waals surface area contributed by atoms with Crippen LogP contribution < -0.4 is 0 Å². The van der Waals surface area contributed by atoms with Gasteiger partial charge in [-0.25, -0.2) is 0 Å². The van der Waals surface area contributed by atoms with Crippen molar-refractivity contribution < 1.29 is 14.7 Å². The van der Waals surface area contributed by atoms with Crippen LogP contribution in [0.3, 0.4) is 0 Å². The molecule has 1 heterocycles. The first-order valence-corrected chi connectivity index (χ1v) is 8.42. The number of hydrazone groups is 1. The molecule has 2 bridgehead atoms. The molecule has 1 aromatic carbocycles. The largest absolute Gasteiger partial charge is 0.506 e. The Bertz CT molecular complexity index is 762. The van der Waals surface area contributed by atoms with Gasteiger partial charge < -0.3 is 5.11 Å². The van der Waals surface area contributed by atoms with Crippen LogP contribution in [-0.2, 0) is 9.59 Å². The van der Waals surface area contributed by atoms with Crippen molar-refractivity contribution in [3.05, 3.63) is 39.3 Å². The summed E-state index contributed by atoms with van der Waals surface area (Å²) in [7, 11) is 0. The van der Waals surface area contributed by atoms with Gasteiger partial charge in [-0.15, -0.1) is 0 Å². The molecule has 4 atom stereocenters. The summed E-state index contributed by atoms with van der Waals surface area (Å²) in [5.74, 6) is -0.823. The van der Waals surface area contributed by atoms with Crippen LogP contribution in [0.1, 0.15) is 12.0 Å². The highest BCUT2D eigenvalue weighted by molar-refractivity contribution is 9.10. The number of imide groups is 1. The summed E-state index contributed by atoms with van der Waals surface area (Å²) in [4.78, 5) is 25.0. The molecule has 2 fully saturated rings. The molecule has 1 N–H and O–H groups in total. The molecule has 1 aliphatic heterocycles. The lowest BCUT2D eigenvalue weighted by Gasteiger charge is -2.13. The van der Waals surface area contributed by atoms with Gasteiger partial charge in [-0.1, -0.05) is 23.8 Å². The zero-order chi connectivity index (χ0) is 16.3. The van der Waals surface area contributed by atoms with E-state index in [-0.39, 0.29) is 41.2 Å². The minimum Gasteiger partial charge on any atom is -0.506 e. The summed E-state index contributed by atoms with van der Waals surface area (Å²) >= 11 is 9.13. The predicted molar refractivity (Wildman–Crippen MR) is 88.0 cm³/mol. The standard InChI is InChI=1S/C16H12BrClN2O3/c17-11-5-10(18)4-9(14(11)21)6-19-20-15(22)12-7-1-2-8(3-7)13(12)16(20)23/h1-2,4-8,12-13,21H,3H2/b19-6+. The number of phenols is 1. The number of amides is 2. The second-order valence-electron chi connectivity index (χ2n) is 6.06. The van der Waals surface area contributed by atoms with Crippen molar-refractivity contribution in [2.75, 3.05) is 0 Å². The second-order valence-corrected chi connectivity index (χ2v) is 7.35. The number of allylic oxidation sites excluding steroid dienone is 2. The van der Waals surface area contributed by atoms with Gasteiger partial charge >= 0.3 is 0 Å². The maximum Gasteiger partial charge on any atom is 0.254 e. The van der Waals surface area contributed by atoms with Crippen LogP contribution in [0.25, 0.3) is 0 Å². The minimum absolute atomic E-state index is 0.0424. The number of phenolic OH excluding ortho intramolecular Hbond substituents is 1. The molecule has 118 valence electrons. The molecule has 2 aliphatic carbocycles. The summed E-state index contributed by atoms with van der Waals surface area (Å²) in [6, 6.07) is 3.07. The number of carbonyl (C=O) groups excluding carboxylic acids is 2. The van der Waals surface area contributed by atoms with Crippen molar-refractivity contribution in [1.82, 2.24) is 5.01 Å². The summed E-state index contributed by atoms with van der Waals surface area (Å²) in [6.07, 6.45) is 6.23. The van der Waals surface area contributed by atoms with Gasteiger partial charge in [-0.3, -0.25) is 9.59 Å². The van der Waals surface area contributed by atoms with Crippen LogP contribution in [0.2, 0.25) is 5.02 Å². The van der Waals surface area contributed by atoms with Gasteiger partial charge in [0.15, 0.2) is 0 Å². The fraction of sp³-hybridized carbons (Fsp3) is 0.312. The molecule has 3 aliphatic rings. The van der Waals surface area contributed by atoms with E-state index >= 15 is 0 Å². The van der Waals surface area contributed by atoms with Crippen LogP contribution in [0.5, 0.6) is 5.75 Å². The molecule has 1 aromatic rings. The van der Waals surface area contributed by atoms with Gasteiger partial charge in [0, 0.05) is 10.6 Å². The van der Waals surface area contributed by atoms with E-state index in [1.54, 1.807) is 6.07 Å². The lowest BCUT2D eigenvalue weighted by Crippen LogP contribution is -2.28. The highest BCUT2D eigenvalue weighted by Gasteiger charge is 2.59. The van der Waals surface area contributed by atoms with E-state index in [2.05, 4.69) is 21.0 Å². The molecule has 2 amide bonds.